The van der Waals surface area contributed by atoms with E-state index >= 15 is 0 Å². The fraction of sp³-hybridized carbons (Fsp3) is 0.500. The molecule has 0 aliphatic rings. The van der Waals surface area contributed by atoms with E-state index in [0.717, 1.165) is 0 Å². The lowest BCUT2D eigenvalue weighted by Gasteiger charge is -2.08. The van der Waals surface area contributed by atoms with Crippen LogP contribution in [0, 0.1) is 0 Å². The fourth-order valence-corrected chi connectivity index (χ4v) is 1.38. The van der Waals surface area contributed by atoms with E-state index in [1.807, 2.05) is 0 Å². The van der Waals surface area contributed by atoms with Crippen molar-refractivity contribution < 1.29 is 18.0 Å². The van der Waals surface area contributed by atoms with Gasteiger partial charge in [0.05, 0.1) is 5.69 Å². The van der Waals surface area contributed by atoms with Gasteiger partial charge in [-0.05, 0) is 18.6 Å². The van der Waals surface area contributed by atoms with Crippen molar-refractivity contribution in [1.82, 2.24) is 4.57 Å². The number of hydrogen-bond donors (Lipinski definition) is 0. The maximum Gasteiger partial charge on any atom is 0.389 e. The van der Waals surface area contributed by atoms with Crippen LogP contribution in [0.3, 0.4) is 0 Å². The third kappa shape index (κ3) is 3.77. The fourth-order valence-electron chi connectivity index (χ4n) is 1.38. The van der Waals surface area contributed by atoms with Gasteiger partial charge in [-0.15, -0.1) is 0 Å². The molecule has 0 aromatic carbocycles. The van der Waals surface area contributed by atoms with Crippen molar-refractivity contribution in [1.29, 1.82) is 0 Å². The number of rotatable bonds is 4. The van der Waals surface area contributed by atoms with Gasteiger partial charge >= 0.3 is 6.18 Å². The molecule has 0 fully saturated rings. The summed E-state index contributed by atoms with van der Waals surface area (Å²) in [6.45, 7) is 1.62. The Morgan fingerprint density at radius 2 is 2.13 bits per heavy atom. The molecule has 0 amide bonds. The molecule has 1 aromatic heterocycles. The summed E-state index contributed by atoms with van der Waals surface area (Å²) < 4.78 is 37.2. The van der Waals surface area contributed by atoms with Gasteiger partial charge in [0.1, 0.15) is 0 Å². The van der Waals surface area contributed by atoms with E-state index in [0.29, 0.717) is 5.69 Å². The van der Waals surface area contributed by atoms with Crippen LogP contribution in [-0.2, 0) is 6.54 Å². The average molecular weight is 219 g/mol. The summed E-state index contributed by atoms with van der Waals surface area (Å²) in [6.07, 6.45) is -3.32. The molecule has 0 N–H and O–H groups in total. The first-order valence-electron chi connectivity index (χ1n) is 4.63. The van der Waals surface area contributed by atoms with Crippen molar-refractivity contribution in [3.63, 3.8) is 0 Å². The summed E-state index contributed by atoms with van der Waals surface area (Å²) in [5, 5.41) is 0. The summed E-state index contributed by atoms with van der Waals surface area (Å²) in [6, 6.07) is 3.26. The van der Waals surface area contributed by atoms with Crippen LogP contribution in [0.2, 0.25) is 0 Å². The second-order valence-corrected chi connectivity index (χ2v) is 3.36. The number of aryl methyl sites for hydroxylation is 1. The predicted molar refractivity (Wildman–Crippen MR) is 49.7 cm³/mol. The molecule has 0 radical (unpaired) electrons. The minimum Gasteiger partial charge on any atom is -0.345 e. The van der Waals surface area contributed by atoms with Crippen molar-refractivity contribution in [2.24, 2.45) is 0 Å². The van der Waals surface area contributed by atoms with Crippen molar-refractivity contribution in [3.8, 4) is 0 Å². The Morgan fingerprint density at radius 3 is 2.67 bits per heavy atom. The van der Waals surface area contributed by atoms with Gasteiger partial charge in [0.15, 0.2) is 5.78 Å². The van der Waals surface area contributed by atoms with Crippen LogP contribution < -0.4 is 0 Å². The Labute approximate surface area is 85.7 Å². The highest BCUT2D eigenvalue weighted by molar-refractivity contribution is 5.92. The molecule has 2 nitrogen and oxygen atoms in total. The maximum atomic E-state index is 11.9. The van der Waals surface area contributed by atoms with Crippen LogP contribution in [0.4, 0.5) is 13.2 Å². The third-order valence-corrected chi connectivity index (χ3v) is 2.05. The Hall–Kier alpha value is -1.26. The molecule has 0 bridgehead atoms. The number of carbonyl (C=O) groups is 1. The number of carbonyl (C=O) groups excluding carboxylic acids is 1. The third-order valence-electron chi connectivity index (χ3n) is 2.05. The van der Waals surface area contributed by atoms with Crippen molar-refractivity contribution in [2.75, 3.05) is 0 Å². The zero-order chi connectivity index (χ0) is 11.5. The van der Waals surface area contributed by atoms with Crippen LogP contribution in [-0.4, -0.2) is 16.5 Å². The standard InChI is InChI=1S/C10H12F3NO/c1-8(15)9-4-2-6-14(9)7-3-5-10(11,12)13/h2,4,6H,3,5,7H2,1H3. The Bertz CT molecular complexity index is 341. The lowest BCUT2D eigenvalue weighted by molar-refractivity contribution is -0.135. The highest BCUT2D eigenvalue weighted by Crippen LogP contribution is 2.21. The van der Waals surface area contributed by atoms with Crippen LogP contribution in [0.15, 0.2) is 18.3 Å². The molecular formula is C10H12F3NO. The SMILES string of the molecule is CC(=O)c1cccn1CCCC(F)(F)F. The first-order chi connectivity index (χ1) is 6.90. The van der Waals surface area contributed by atoms with E-state index in [1.165, 1.54) is 6.92 Å². The van der Waals surface area contributed by atoms with Gasteiger partial charge in [-0.1, -0.05) is 0 Å². The molecule has 0 unspecified atom stereocenters. The minimum absolute atomic E-state index is 0.00153. The quantitative estimate of drug-likeness (QED) is 0.713. The normalized spacial score (nSPS) is 11.7. The molecular weight excluding hydrogens is 207 g/mol. The molecule has 0 saturated carbocycles. The highest BCUT2D eigenvalue weighted by Gasteiger charge is 2.26. The van der Waals surface area contributed by atoms with Crippen molar-refractivity contribution >= 4 is 5.78 Å². The van der Waals surface area contributed by atoms with Gasteiger partial charge in [-0.3, -0.25) is 4.79 Å². The molecule has 5 heteroatoms. The topological polar surface area (TPSA) is 22.0 Å². The van der Waals surface area contributed by atoms with Crippen molar-refractivity contribution in [2.45, 2.75) is 32.5 Å². The molecule has 0 saturated heterocycles. The molecule has 15 heavy (non-hydrogen) atoms. The van der Waals surface area contributed by atoms with Crippen molar-refractivity contribution in [3.05, 3.63) is 24.0 Å². The Morgan fingerprint density at radius 1 is 1.47 bits per heavy atom. The van der Waals surface area contributed by atoms with E-state index in [-0.39, 0.29) is 18.7 Å². The van der Waals surface area contributed by atoms with Gasteiger partial charge in [-0.25, -0.2) is 0 Å². The zero-order valence-electron chi connectivity index (χ0n) is 8.34. The molecule has 0 aliphatic carbocycles. The smallest absolute Gasteiger partial charge is 0.345 e. The number of ketones is 1. The molecule has 84 valence electrons. The molecule has 1 heterocycles. The zero-order valence-corrected chi connectivity index (χ0v) is 8.34. The van der Waals surface area contributed by atoms with E-state index in [1.54, 1.807) is 22.9 Å². The second kappa shape index (κ2) is 4.51. The van der Waals surface area contributed by atoms with Gasteiger partial charge in [-0.2, -0.15) is 13.2 Å². The van der Waals surface area contributed by atoms with Gasteiger partial charge in [0, 0.05) is 26.1 Å². The molecule has 1 rings (SSSR count). The predicted octanol–water partition coefficient (Wildman–Crippen LogP) is 3.03. The van der Waals surface area contributed by atoms with E-state index in [2.05, 4.69) is 0 Å². The van der Waals surface area contributed by atoms with Crippen LogP contribution in [0.1, 0.15) is 30.3 Å². The summed E-state index contributed by atoms with van der Waals surface area (Å²) in [4.78, 5) is 11.0. The lowest BCUT2D eigenvalue weighted by atomic mass is 10.3. The van der Waals surface area contributed by atoms with Crippen LogP contribution in [0.5, 0.6) is 0 Å². The number of halogens is 3. The molecule has 0 atom stereocenters. The number of Topliss-reactive ketones (excluding diaryl/α,β-unsaturated/α-hetero) is 1. The highest BCUT2D eigenvalue weighted by atomic mass is 19.4. The summed E-state index contributed by atoms with van der Waals surface area (Å²) in [5.41, 5.74) is 0.456. The molecule has 0 spiro atoms. The molecule has 0 aliphatic heterocycles. The van der Waals surface area contributed by atoms with Crippen LogP contribution in [0.25, 0.3) is 0 Å². The summed E-state index contributed by atoms with van der Waals surface area (Å²) in [7, 11) is 0. The average Bonchev–Trinajstić information content (AvgIpc) is 2.49. The first kappa shape index (κ1) is 11.8. The maximum absolute atomic E-state index is 11.9. The largest absolute Gasteiger partial charge is 0.389 e. The van der Waals surface area contributed by atoms with E-state index in [9.17, 15) is 18.0 Å². The van der Waals surface area contributed by atoms with Gasteiger partial charge in [0.25, 0.3) is 0 Å². The number of alkyl halides is 3. The number of nitrogens with zero attached hydrogens (tertiary/aromatic N) is 1. The number of aromatic nitrogens is 1. The Kier molecular flexibility index (Phi) is 3.55. The monoisotopic (exact) mass is 219 g/mol. The summed E-state index contributed by atoms with van der Waals surface area (Å²) in [5.74, 6) is -0.132. The van der Waals surface area contributed by atoms with Gasteiger partial charge in [0.2, 0.25) is 0 Å². The van der Waals surface area contributed by atoms with Crippen LogP contribution >= 0.6 is 0 Å². The summed E-state index contributed by atoms with van der Waals surface area (Å²) >= 11 is 0. The molecule has 1 aromatic rings. The van der Waals surface area contributed by atoms with Gasteiger partial charge < -0.3 is 4.57 Å². The first-order valence-corrected chi connectivity index (χ1v) is 4.63. The lowest BCUT2D eigenvalue weighted by Crippen LogP contribution is -2.11. The van der Waals surface area contributed by atoms with E-state index in [4.69, 9.17) is 0 Å². The number of hydrogen-bond acceptors (Lipinski definition) is 1. The van der Waals surface area contributed by atoms with E-state index < -0.39 is 12.6 Å². The Balaban J connectivity index is 2.51. The minimum atomic E-state index is -4.12. The second-order valence-electron chi connectivity index (χ2n) is 3.36.